The molecule has 0 unspecified atom stereocenters. The Kier molecular flexibility index (Phi) is 4.38. The number of nitrogens with one attached hydrogen (secondary N) is 1. The molecule has 0 bridgehead atoms. The molecule has 2 aromatic heterocycles. The highest BCUT2D eigenvalue weighted by Crippen LogP contribution is 2.22. The van der Waals surface area contributed by atoms with Crippen LogP contribution in [0, 0.1) is 13.8 Å². The molecule has 0 radical (unpaired) electrons. The Hall–Kier alpha value is -2.28. The first-order valence-corrected chi connectivity index (χ1v) is 8.38. The molecule has 120 valence electrons. The minimum absolute atomic E-state index is 0.0119. The highest BCUT2D eigenvalue weighted by molar-refractivity contribution is 7.11. The van der Waals surface area contributed by atoms with Gasteiger partial charge in [0.05, 0.1) is 28.8 Å². The smallest absolute Gasteiger partial charge is 0.222 e. The van der Waals surface area contributed by atoms with Crippen molar-refractivity contribution in [2.75, 3.05) is 0 Å². The molecular formula is C16H19N5OS. The maximum Gasteiger partial charge on any atom is 0.222 e. The summed E-state index contributed by atoms with van der Waals surface area (Å²) >= 11 is 1.65. The van der Waals surface area contributed by atoms with E-state index in [-0.39, 0.29) is 11.9 Å². The molecule has 1 atom stereocenters. The topological polar surface area (TPSA) is 72.7 Å². The van der Waals surface area contributed by atoms with Gasteiger partial charge in [-0.3, -0.25) is 4.79 Å². The van der Waals surface area contributed by atoms with E-state index in [1.165, 1.54) is 0 Å². The van der Waals surface area contributed by atoms with Crippen LogP contribution in [0.15, 0.2) is 24.3 Å². The van der Waals surface area contributed by atoms with Crippen LogP contribution in [-0.2, 0) is 11.3 Å². The molecule has 0 saturated carbocycles. The minimum Gasteiger partial charge on any atom is -0.348 e. The van der Waals surface area contributed by atoms with Gasteiger partial charge in [0.2, 0.25) is 5.91 Å². The minimum atomic E-state index is -0.0834. The van der Waals surface area contributed by atoms with Gasteiger partial charge in [-0.1, -0.05) is 17.3 Å². The molecule has 6 nitrogen and oxygen atoms in total. The van der Waals surface area contributed by atoms with Crippen molar-refractivity contribution in [3.63, 3.8) is 0 Å². The van der Waals surface area contributed by atoms with Crippen molar-refractivity contribution in [1.82, 2.24) is 25.3 Å². The second-order valence-electron chi connectivity index (χ2n) is 5.51. The average Bonchev–Trinajstić information content (AvgIpc) is 3.08. The third kappa shape index (κ3) is 3.39. The Labute approximate surface area is 138 Å². The number of para-hydroxylation sites is 1. The van der Waals surface area contributed by atoms with Gasteiger partial charge in [-0.25, -0.2) is 9.67 Å². The Morgan fingerprint density at radius 2 is 2.13 bits per heavy atom. The highest BCUT2D eigenvalue weighted by atomic mass is 32.1. The van der Waals surface area contributed by atoms with Crippen molar-refractivity contribution < 1.29 is 4.79 Å². The molecule has 0 aliphatic carbocycles. The number of fused-ring (bicyclic) bond motifs is 1. The Balaban J connectivity index is 1.60. The Morgan fingerprint density at radius 1 is 1.35 bits per heavy atom. The van der Waals surface area contributed by atoms with Gasteiger partial charge in [-0.2, -0.15) is 0 Å². The van der Waals surface area contributed by atoms with Crippen LogP contribution in [0.4, 0.5) is 0 Å². The third-order valence-corrected chi connectivity index (χ3v) is 4.60. The van der Waals surface area contributed by atoms with Crippen molar-refractivity contribution in [2.24, 2.45) is 0 Å². The van der Waals surface area contributed by atoms with E-state index in [2.05, 4.69) is 20.6 Å². The maximum atomic E-state index is 12.2. The van der Waals surface area contributed by atoms with Gasteiger partial charge < -0.3 is 5.32 Å². The van der Waals surface area contributed by atoms with Crippen molar-refractivity contribution in [3.05, 3.63) is 39.8 Å². The molecule has 2 heterocycles. The molecule has 0 aliphatic heterocycles. The van der Waals surface area contributed by atoms with E-state index >= 15 is 0 Å². The van der Waals surface area contributed by atoms with E-state index < -0.39 is 0 Å². The molecular weight excluding hydrogens is 310 g/mol. The number of benzene rings is 1. The lowest BCUT2D eigenvalue weighted by Crippen LogP contribution is -2.28. The summed E-state index contributed by atoms with van der Waals surface area (Å²) in [7, 11) is 0. The predicted octanol–water partition coefficient (Wildman–Crippen LogP) is 2.77. The zero-order valence-electron chi connectivity index (χ0n) is 13.4. The first-order valence-electron chi connectivity index (χ1n) is 7.56. The molecule has 3 rings (SSSR count). The van der Waals surface area contributed by atoms with Crippen LogP contribution >= 0.6 is 11.3 Å². The Bertz CT molecular complexity index is 838. The SMILES string of the molecule is Cc1nc([C@H](C)NC(=O)CCn2nnc3ccccc32)c(C)s1. The lowest BCUT2D eigenvalue weighted by molar-refractivity contribution is -0.122. The number of nitrogens with zero attached hydrogens (tertiary/aromatic N) is 4. The van der Waals surface area contributed by atoms with E-state index in [0.717, 1.165) is 26.6 Å². The molecule has 23 heavy (non-hydrogen) atoms. The lowest BCUT2D eigenvalue weighted by atomic mass is 10.2. The molecule has 0 fully saturated rings. The van der Waals surface area contributed by atoms with E-state index in [9.17, 15) is 4.79 Å². The normalized spacial score (nSPS) is 12.5. The number of amides is 1. The van der Waals surface area contributed by atoms with E-state index in [4.69, 9.17) is 0 Å². The fourth-order valence-electron chi connectivity index (χ4n) is 2.62. The molecule has 1 N–H and O–H groups in total. The summed E-state index contributed by atoms with van der Waals surface area (Å²) in [5.41, 5.74) is 2.74. The predicted molar refractivity (Wildman–Crippen MR) is 90.3 cm³/mol. The largest absolute Gasteiger partial charge is 0.348 e. The van der Waals surface area contributed by atoms with Crippen LogP contribution < -0.4 is 5.32 Å². The first kappa shape index (κ1) is 15.6. The van der Waals surface area contributed by atoms with Crippen LogP contribution in [0.1, 0.15) is 35.0 Å². The van der Waals surface area contributed by atoms with E-state index in [1.54, 1.807) is 16.0 Å². The van der Waals surface area contributed by atoms with E-state index in [1.807, 2.05) is 45.0 Å². The number of thiazole rings is 1. The van der Waals surface area contributed by atoms with Gasteiger partial charge in [-0.05, 0) is 32.9 Å². The number of hydrogen-bond donors (Lipinski definition) is 1. The standard InChI is InChI=1S/C16H19N5OS/c1-10(16-11(2)23-12(3)18-16)17-15(22)8-9-21-14-7-5-4-6-13(14)19-20-21/h4-7,10H,8-9H2,1-3H3,(H,17,22)/t10-/m0/s1. The molecule has 0 aliphatic rings. The lowest BCUT2D eigenvalue weighted by Gasteiger charge is -2.12. The number of carbonyl (C=O) groups excluding carboxylic acids is 1. The summed E-state index contributed by atoms with van der Waals surface area (Å²) in [6, 6.07) is 7.65. The Morgan fingerprint density at radius 3 is 2.87 bits per heavy atom. The van der Waals surface area contributed by atoms with Crippen molar-refractivity contribution >= 4 is 28.3 Å². The number of hydrogen-bond acceptors (Lipinski definition) is 5. The fourth-order valence-corrected chi connectivity index (χ4v) is 3.53. The third-order valence-electron chi connectivity index (χ3n) is 3.70. The summed E-state index contributed by atoms with van der Waals surface area (Å²) in [5.74, 6) is -0.0119. The van der Waals surface area contributed by atoms with Crippen molar-refractivity contribution in [1.29, 1.82) is 0 Å². The molecule has 1 amide bonds. The summed E-state index contributed by atoms with van der Waals surface area (Å²) in [4.78, 5) is 17.8. The van der Waals surface area contributed by atoms with Gasteiger partial charge in [0.1, 0.15) is 5.52 Å². The van der Waals surface area contributed by atoms with Crippen LogP contribution in [-0.4, -0.2) is 25.9 Å². The number of rotatable bonds is 5. The summed E-state index contributed by atoms with van der Waals surface area (Å²) < 4.78 is 1.76. The van der Waals surface area contributed by atoms with Gasteiger partial charge in [0.15, 0.2) is 0 Å². The second kappa shape index (κ2) is 6.45. The van der Waals surface area contributed by atoms with Crippen LogP contribution in [0.5, 0.6) is 0 Å². The van der Waals surface area contributed by atoms with Gasteiger partial charge in [-0.15, -0.1) is 16.4 Å². The summed E-state index contributed by atoms with van der Waals surface area (Å²) in [5, 5.41) is 12.2. The van der Waals surface area contributed by atoms with Crippen LogP contribution in [0.2, 0.25) is 0 Å². The monoisotopic (exact) mass is 329 g/mol. The zero-order chi connectivity index (χ0) is 16.4. The molecule has 0 saturated heterocycles. The fraction of sp³-hybridized carbons (Fsp3) is 0.375. The molecule has 0 spiro atoms. The maximum absolute atomic E-state index is 12.2. The van der Waals surface area contributed by atoms with E-state index in [0.29, 0.717) is 13.0 Å². The highest BCUT2D eigenvalue weighted by Gasteiger charge is 2.15. The van der Waals surface area contributed by atoms with Gasteiger partial charge in [0, 0.05) is 11.3 Å². The number of aromatic nitrogens is 4. The van der Waals surface area contributed by atoms with Gasteiger partial charge >= 0.3 is 0 Å². The summed E-state index contributed by atoms with van der Waals surface area (Å²) in [6.45, 7) is 6.48. The molecule has 7 heteroatoms. The molecule has 1 aromatic carbocycles. The quantitative estimate of drug-likeness (QED) is 0.781. The number of carbonyl (C=O) groups is 1. The summed E-state index contributed by atoms with van der Waals surface area (Å²) in [6.07, 6.45) is 0.361. The van der Waals surface area contributed by atoms with Crippen LogP contribution in [0.3, 0.4) is 0 Å². The zero-order valence-corrected chi connectivity index (χ0v) is 14.2. The first-order chi connectivity index (χ1) is 11.0. The second-order valence-corrected chi connectivity index (χ2v) is 6.92. The van der Waals surface area contributed by atoms with Gasteiger partial charge in [0.25, 0.3) is 0 Å². The van der Waals surface area contributed by atoms with Crippen molar-refractivity contribution in [2.45, 2.75) is 39.8 Å². The molecule has 3 aromatic rings. The van der Waals surface area contributed by atoms with Crippen molar-refractivity contribution in [3.8, 4) is 0 Å². The number of aryl methyl sites for hydroxylation is 3. The van der Waals surface area contributed by atoms with Crippen LogP contribution in [0.25, 0.3) is 11.0 Å². The average molecular weight is 329 g/mol.